The second-order valence-corrected chi connectivity index (χ2v) is 17.2. The Labute approximate surface area is 327 Å². The molecule has 0 amide bonds. The van der Waals surface area contributed by atoms with Gasteiger partial charge in [-0.1, -0.05) is 200 Å². The first-order valence-electron chi connectivity index (χ1n) is 19.0. The molecule has 3 nitrogen and oxygen atoms in total. The topological polar surface area (TPSA) is 41.8 Å². The van der Waals surface area contributed by atoms with E-state index in [1.807, 2.05) is 84.9 Å². The van der Waals surface area contributed by atoms with Crippen LogP contribution in [0.1, 0.15) is 33.4 Å². The van der Waals surface area contributed by atoms with Crippen molar-refractivity contribution in [1.82, 2.24) is 0 Å². The normalized spacial score (nSPS) is 14.1. The average molecular weight is 737 g/mol. The van der Waals surface area contributed by atoms with Gasteiger partial charge >= 0.3 is 0 Å². The van der Waals surface area contributed by atoms with Crippen molar-refractivity contribution in [3.8, 4) is 11.1 Å². The van der Waals surface area contributed by atoms with E-state index in [0.29, 0.717) is 12.3 Å². The van der Waals surface area contributed by atoms with Gasteiger partial charge in [0.2, 0.25) is 0 Å². The molecule has 0 aliphatic heterocycles. The van der Waals surface area contributed by atoms with Crippen molar-refractivity contribution in [2.75, 3.05) is 0 Å². The molecule has 4 heteroatoms. The molecule has 0 bridgehead atoms. The molecule has 0 N–H and O–H groups in total. The summed E-state index contributed by atoms with van der Waals surface area (Å²) < 4.78 is 15.2. The largest absolute Gasteiger partial charge is 0.309 e. The zero-order valence-corrected chi connectivity index (χ0v) is 31.6. The molecule has 8 aromatic carbocycles. The van der Waals surface area contributed by atoms with Gasteiger partial charge in [0.15, 0.2) is 13.0 Å². The maximum atomic E-state index is 15.2. The summed E-state index contributed by atoms with van der Waals surface area (Å²) in [5, 5.41) is 4.78. The number of benzene rings is 8. The molecule has 0 fully saturated rings. The second-order valence-electron chi connectivity index (χ2n) is 14.4. The summed E-state index contributed by atoms with van der Waals surface area (Å²) in [5.74, 6) is 0.516. The summed E-state index contributed by atoms with van der Waals surface area (Å²) in [5.41, 5.74) is 10.9. The quantitative estimate of drug-likeness (QED) is 0.0913. The van der Waals surface area contributed by atoms with Gasteiger partial charge in [-0.15, -0.1) is 0 Å². The van der Waals surface area contributed by atoms with Gasteiger partial charge in [0.25, 0.3) is 0 Å². The second kappa shape index (κ2) is 13.6. The minimum absolute atomic E-state index is 0.516. The van der Waals surface area contributed by atoms with E-state index in [4.69, 9.17) is 4.99 Å². The highest BCUT2D eigenvalue weighted by Crippen LogP contribution is 2.62. The monoisotopic (exact) mass is 736 g/mol. The smallest absolute Gasteiger partial charge is 0.171 e. The van der Waals surface area contributed by atoms with Gasteiger partial charge in [-0.25, -0.2) is 9.98 Å². The SMILES string of the molecule is C=NC(=NC1=C(Cc2cccc3ccccc23)C2(c3ccccc31)c1ccccc1-c1ccccc12)c1ccc(P(=O)(c2ccccc2)c2ccccc2)cc1. The van der Waals surface area contributed by atoms with Crippen molar-refractivity contribution in [2.45, 2.75) is 11.8 Å². The number of aliphatic imine (C=N–C) groups is 2. The Balaban J connectivity index is 1.20. The molecule has 0 saturated heterocycles. The van der Waals surface area contributed by atoms with E-state index in [1.165, 1.54) is 49.7 Å². The number of fused-ring (bicyclic) bond motifs is 8. The van der Waals surface area contributed by atoms with E-state index in [0.717, 1.165) is 32.7 Å². The van der Waals surface area contributed by atoms with Crippen LogP contribution in [0.25, 0.3) is 27.6 Å². The first kappa shape index (κ1) is 33.9. The average Bonchev–Trinajstić information content (AvgIpc) is 3.72. The van der Waals surface area contributed by atoms with Crippen LogP contribution in [0, 0.1) is 0 Å². The number of hydrogen-bond acceptors (Lipinski definition) is 2. The number of rotatable bonds is 7. The third kappa shape index (κ3) is 5.09. The standard InChI is InChI=1S/C52H37N2OP/c1-53-51(37-31-33-41(34-32-37)56(55,39-20-4-2-5-21-39)40-22-6-3-7-23-40)54-50-45-27-12-15-30-48(45)52(46-28-13-10-25-43(46)44-26-11-14-29-47(44)52)49(50)35-38-19-16-18-36-17-8-9-24-42(36)38/h2-34H,1,35H2. The van der Waals surface area contributed by atoms with Gasteiger partial charge in [0.05, 0.1) is 11.1 Å². The third-order valence-electron chi connectivity index (χ3n) is 11.6. The summed E-state index contributed by atoms with van der Waals surface area (Å²) in [4.78, 5) is 10.1. The number of allylic oxidation sites excluding steroid dienone is 1. The fourth-order valence-corrected chi connectivity index (χ4v) is 11.8. The molecule has 56 heavy (non-hydrogen) atoms. The van der Waals surface area contributed by atoms with Crippen LogP contribution < -0.4 is 15.9 Å². The lowest BCUT2D eigenvalue weighted by molar-refractivity contribution is 0.592. The molecular weight excluding hydrogens is 700 g/mol. The lowest BCUT2D eigenvalue weighted by atomic mass is 9.68. The number of amidine groups is 1. The van der Waals surface area contributed by atoms with Crippen molar-refractivity contribution in [2.24, 2.45) is 9.98 Å². The predicted molar refractivity (Wildman–Crippen MR) is 235 cm³/mol. The molecule has 10 rings (SSSR count). The van der Waals surface area contributed by atoms with Gasteiger partial charge in [-0.2, -0.15) is 0 Å². The van der Waals surface area contributed by atoms with E-state index in [-0.39, 0.29) is 0 Å². The highest BCUT2D eigenvalue weighted by Gasteiger charge is 2.53. The van der Waals surface area contributed by atoms with E-state index in [2.05, 4.69) is 127 Å². The summed E-state index contributed by atoms with van der Waals surface area (Å²) >= 11 is 0. The highest BCUT2D eigenvalue weighted by atomic mass is 31.2. The molecule has 0 aromatic heterocycles. The summed E-state index contributed by atoms with van der Waals surface area (Å²) in [7, 11) is -3.15. The van der Waals surface area contributed by atoms with Crippen LogP contribution in [0.5, 0.6) is 0 Å². The number of hydrogen-bond donors (Lipinski definition) is 0. The van der Waals surface area contributed by atoms with Crippen LogP contribution in [0.2, 0.25) is 0 Å². The summed E-state index contributed by atoms with van der Waals surface area (Å²) in [6.45, 7) is 4.05. The van der Waals surface area contributed by atoms with Crippen LogP contribution in [0.15, 0.2) is 216 Å². The Hall–Kier alpha value is -6.67. The molecular formula is C52H37N2OP. The fraction of sp³-hybridized carbons (Fsp3) is 0.0385. The molecule has 0 heterocycles. The Morgan fingerprint density at radius 2 is 0.982 bits per heavy atom. The predicted octanol–water partition coefficient (Wildman–Crippen LogP) is 10.9. The van der Waals surface area contributed by atoms with E-state index < -0.39 is 12.6 Å². The lowest BCUT2D eigenvalue weighted by Crippen LogP contribution is -2.28. The van der Waals surface area contributed by atoms with Crippen molar-refractivity contribution in [3.05, 3.63) is 239 Å². The van der Waals surface area contributed by atoms with Crippen LogP contribution in [0.4, 0.5) is 0 Å². The molecule has 266 valence electrons. The first-order chi connectivity index (χ1) is 27.6. The lowest BCUT2D eigenvalue weighted by Gasteiger charge is -2.33. The van der Waals surface area contributed by atoms with E-state index >= 15 is 4.57 Å². The molecule has 2 aliphatic carbocycles. The third-order valence-corrected chi connectivity index (χ3v) is 14.7. The Bertz CT molecular complexity index is 2830. The van der Waals surface area contributed by atoms with Crippen molar-refractivity contribution in [1.29, 1.82) is 0 Å². The van der Waals surface area contributed by atoms with Gasteiger partial charge in [-0.3, -0.25) is 0 Å². The zero-order chi connectivity index (χ0) is 37.7. The molecule has 0 unspecified atom stereocenters. The highest BCUT2D eigenvalue weighted by molar-refractivity contribution is 7.85. The summed E-state index contributed by atoms with van der Waals surface area (Å²) in [6, 6.07) is 69.1. The van der Waals surface area contributed by atoms with Crippen molar-refractivity contribution >= 4 is 52.1 Å². The van der Waals surface area contributed by atoms with Crippen molar-refractivity contribution in [3.63, 3.8) is 0 Å². The van der Waals surface area contributed by atoms with Crippen molar-refractivity contribution < 1.29 is 4.57 Å². The van der Waals surface area contributed by atoms with E-state index in [9.17, 15) is 0 Å². The zero-order valence-electron chi connectivity index (χ0n) is 30.7. The Morgan fingerprint density at radius 3 is 1.59 bits per heavy atom. The van der Waals surface area contributed by atoms with Crippen LogP contribution in [0.3, 0.4) is 0 Å². The van der Waals surface area contributed by atoms with Crippen LogP contribution in [-0.4, -0.2) is 12.6 Å². The van der Waals surface area contributed by atoms with Gasteiger partial charge in [0.1, 0.15) is 0 Å². The van der Waals surface area contributed by atoms with Gasteiger partial charge in [-0.05, 0) is 62.9 Å². The van der Waals surface area contributed by atoms with E-state index in [1.54, 1.807) is 0 Å². The van der Waals surface area contributed by atoms with Crippen LogP contribution >= 0.6 is 7.14 Å². The van der Waals surface area contributed by atoms with Gasteiger partial charge in [0, 0.05) is 27.0 Å². The first-order valence-corrected chi connectivity index (χ1v) is 20.7. The minimum Gasteiger partial charge on any atom is -0.309 e. The van der Waals surface area contributed by atoms with Crippen LogP contribution in [-0.2, 0) is 16.4 Å². The maximum Gasteiger partial charge on any atom is 0.171 e. The summed E-state index contributed by atoms with van der Waals surface area (Å²) in [6.07, 6.45) is 0.679. The molecule has 2 aliphatic rings. The molecule has 8 aromatic rings. The Kier molecular flexibility index (Phi) is 8.20. The molecule has 0 radical (unpaired) electrons. The molecule has 0 atom stereocenters. The molecule has 1 spiro atoms. The molecule has 0 saturated carbocycles. The fourth-order valence-electron chi connectivity index (χ4n) is 9.19. The Morgan fingerprint density at radius 1 is 0.500 bits per heavy atom. The minimum atomic E-state index is -3.15. The van der Waals surface area contributed by atoms with Gasteiger partial charge < -0.3 is 4.57 Å². The number of nitrogens with zero attached hydrogens (tertiary/aromatic N) is 2. The maximum absolute atomic E-state index is 15.2.